The number of nitrogens with zero attached hydrogens (tertiary/aromatic N) is 4. The van der Waals surface area contributed by atoms with Gasteiger partial charge in [-0.15, -0.1) is 0 Å². The van der Waals surface area contributed by atoms with Gasteiger partial charge in [-0.2, -0.15) is 4.98 Å². The molecule has 2 aromatic carbocycles. The molecule has 0 spiro atoms. The van der Waals surface area contributed by atoms with Crippen LogP contribution in [0.4, 0.5) is 5.69 Å². The maximum atomic E-state index is 12.5. The lowest BCUT2D eigenvalue weighted by atomic mass is 10.1. The van der Waals surface area contributed by atoms with Gasteiger partial charge in [0.2, 0.25) is 5.88 Å². The zero-order chi connectivity index (χ0) is 22.0. The second-order valence-electron chi connectivity index (χ2n) is 7.34. The molecule has 4 rings (SSSR count). The van der Waals surface area contributed by atoms with E-state index in [-0.39, 0.29) is 5.91 Å². The minimum Gasteiger partial charge on any atom is -0.439 e. The molecule has 1 amide bonds. The smallest absolute Gasteiger partial charge is 0.255 e. The minimum absolute atomic E-state index is 0.150. The molecule has 4 aromatic rings. The molecular formula is C24H23N5O2. The third kappa shape index (κ3) is 4.61. The van der Waals surface area contributed by atoms with Gasteiger partial charge in [-0.05, 0) is 75.2 Å². The number of nitrogens with one attached hydrogen (secondary N) is 1. The summed E-state index contributed by atoms with van der Waals surface area (Å²) < 4.78 is 7.78. The molecule has 0 saturated carbocycles. The molecule has 0 fully saturated rings. The van der Waals surface area contributed by atoms with Gasteiger partial charge >= 0.3 is 0 Å². The van der Waals surface area contributed by atoms with Crippen LogP contribution in [0.15, 0.2) is 60.9 Å². The summed E-state index contributed by atoms with van der Waals surface area (Å²) in [6.07, 6.45) is 3.56. The van der Waals surface area contributed by atoms with Crippen LogP contribution in [0.25, 0.3) is 5.82 Å². The number of rotatable bonds is 5. The third-order valence-electron chi connectivity index (χ3n) is 4.98. The number of imidazole rings is 1. The Morgan fingerprint density at radius 2 is 1.71 bits per heavy atom. The Morgan fingerprint density at radius 3 is 2.39 bits per heavy atom. The SMILES string of the molecule is Cc1nc(Oc2ccc(NC(=O)c3ccc(C)c(C)c3)cc2)cc(-n2ccnc2C)n1. The highest BCUT2D eigenvalue weighted by atomic mass is 16.5. The normalized spacial score (nSPS) is 10.7. The van der Waals surface area contributed by atoms with Crippen LogP contribution < -0.4 is 10.1 Å². The standard InChI is InChI=1S/C24H23N5O2/c1-15-5-6-19(13-16(15)2)24(30)28-20-7-9-21(10-8-20)31-23-14-22(26-17(3)27-23)29-12-11-25-18(29)4/h5-14H,1-4H3,(H,28,30). The lowest BCUT2D eigenvalue weighted by Crippen LogP contribution is -2.12. The molecule has 0 aliphatic heterocycles. The van der Waals surface area contributed by atoms with Crippen molar-refractivity contribution in [2.24, 2.45) is 0 Å². The average molecular weight is 413 g/mol. The van der Waals surface area contributed by atoms with E-state index in [4.69, 9.17) is 4.74 Å². The molecule has 156 valence electrons. The van der Waals surface area contributed by atoms with Crippen LogP contribution in [0.5, 0.6) is 11.6 Å². The Balaban J connectivity index is 1.47. The summed E-state index contributed by atoms with van der Waals surface area (Å²) in [4.78, 5) is 25.5. The van der Waals surface area contributed by atoms with E-state index in [1.165, 1.54) is 0 Å². The second-order valence-corrected chi connectivity index (χ2v) is 7.34. The first-order valence-electron chi connectivity index (χ1n) is 9.91. The molecule has 0 bridgehead atoms. The summed E-state index contributed by atoms with van der Waals surface area (Å²) in [6.45, 7) is 7.73. The maximum Gasteiger partial charge on any atom is 0.255 e. The van der Waals surface area contributed by atoms with Crippen molar-refractivity contribution in [2.75, 3.05) is 5.32 Å². The zero-order valence-electron chi connectivity index (χ0n) is 17.9. The lowest BCUT2D eigenvalue weighted by molar-refractivity contribution is 0.102. The molecule has 7 heteroatoms. The summed E-state index contributed by atoms with van der Waals surface area (Å²) in [5.41, 5.74) is 3.55. The van der Waals surface area contributed by atoms with Gasteiger partial charge in [0.1, 0.15) is 23.2 Å². The highest BCUT2D eigenvalue weighted by Gasteiger charge is 2.10. The molecule has 0 aliphatic rings. The Morgan fingerprint density at radius 1 is 0.935 bits per heavy atom. The molecule has 0 atom stereocenters. The molecule has 0 aliphatic carbocycles. The fraction of sp³-hybridized carbons (Fsp3) is 0.167. The van der Waals surface area contributed by atoms with Crippen LogP contribution in [0.2, 0.25) is 0 Å². The van der Waals surface area contributed by atoms with Crippen LogP contribution >= 0.6 is 0 Å². The number of carbonyl (C=O) groups excluding carboxylic acids is 1. The van der Waals surface area contributed by atoms with E-state index >= 15 is 0 Å². The van der Waals surface area contributed by atoms with Gasteiger partial charge in [0.15, 0.2) is 0 Å². The molecule has 31 heavy (non-hydrogen) atoms. The van der Waals surface area contributed by atoms with Crippen molar-refractivity contribution in [3.05, 3.63) is 89.3 Å². The first-order valence-corrected chi connectivity index (χ1v) is 9.91. The van der Waals surface area contributed by atoms with Crippen molar-refractivity contribution in [3.63, 3.8) is 0 Å². The number of anilines is 1. The average Bonchev–Trinajstić information content (AvgIpc) is 3.17. The minimum atomic E-state index is -0.150. The molecule has 2 aromatic heterocycles. The van der Waals surface area contributed by atoms with Crippen LogP contribution in [0, 0.1) is 27.7 Å². The summed E-state index contributed by atoms with van der Waals surface area (Å²) in [7, 11) is 0. The molecule has 0 saturated heterocycles. The molecule has 0 radical (unpaired) electrons. The van der Waals surface area contributed by atoms with E-state index in [0.717, 1.165) is 17.0 Å². The first-order chi connectivity index (χ1) is 14.9. The van der Waals surface area contributed by atoms with E-state index in [9.17, 15) is 4.79 Å². The largest absolute Gasteiger partial charge is 0.439 e. The fourth-order valence-corrected chi connectivity index (χ4v) is 3.13. The lowest BCUT2D eigenvalue weighted by Gasteiger charge is -2.10. The topological polar surface area (TPSA) is 81.9 Å². The Bertz CT molecular complexity index is 1250. The number of hydrogen-bond acceptors (Lipinski definition) is 5. The summed E-state index contributed by atoms with van der Waals surface area (Å²) in [5, 5.41) is 2.91. The number of aromatic nitrogens is 4. The van der Waals surface area contributed by atoms with Crippen molar-refractivity contribution < 1.29 is 9.53 Å². The predicted molar refractivity (Wildman–Crippen MR) is 119 cm³/mol. The highest BCUT2D eigenvalue weighted by Crippen LogP contribution is 2.24. The van der Waals surface area contributed by atoms with Gasteiger partial charge in [-0.1, -0.05) is 6.07 Å². The monoisotopic (exact) mass is 413 g/mol. The molecule has 2 heterocycles. The number of carbonyl (C=O) groups is 1. The van der Waals surface area contributed by atoms with Crippen molar-refractivity contribution >= 4 is 11.6 Å². The molecular weight excluding hydrogens is 390 g/mol. The Kier molecular flexibility index (Phi) is 5.49. The van der Waals surface area contributed by atoms with Gasteiger partial charge in [0, 0.05) is 29.7 Å². The fourth-order valence-electron chi connectivity index (χ4n) is 3.13. The van der Waals surface area contributed by atoms with Gasteiger partial charge in [0.05, 0.1) is 0 Å². The summed E-state index contributed by atoms with van der Waals surface area (Å²) >= 11 is 0. The van der Waals surface area contributed by atoms with Gasteiger partial charge in [-0.25, -0.2) is 9.97 Å². The van der Waals surface area contributed by atoms with E-state index in [0.29, 0.717) is 34.5 Å². The van der Waals surface area contributed by atoms with Crippen molar-refractivity contribution in [3.8, 4) is 17.4 Å². The Labute approximate surface area is 180 Å². The molecule has 7 nitrogen and oxygen atoms in total. The third-order valence-corrected chi connectivity index (χ3v) is 4.98. The second kappa shape index (κ2) is 8.39. The van der Waals surface area contributed by atoms with Crippen LogP contribution in [-0.2, 0) is 0 Å². The van der Waals surface area contributed by atoms with E-state index in [1.807, 2.05) is 56.7 Å². The van der Waals surface area contributed by atoms with Crippen LogP contribution in [0.3, 0.4) is 0 Å². The zero-order valence-corrected chi connectivity index (χ0v) is 17.9. The van der Waals surface area contributed by atoms with E-state index in [1.54, 1.807) is 36.5 Å². The maximum absolute atomic E-state index is 12.5. The first kappa shape index (κ1) is 20.3. The van der Waals surface area contributed by atoms with Gasteiger partial charge in [-0.3, -0.25) is 9.36 Å². The molecule has 1 N–H and O–H groups in total. The quantitative estimate of drug-likeness (QED) is 0.501. The highest BCUT2D eigenvalue weighted by molar-refractivity contribution is 6.04. The Hall–Kier alpha value is -4.00. The summed E-state index contributed by atoms with van der Waals surface area (Å²) in [5.74, 6) is 3.00. The van der Waals surface area contributed by atoms with Crippen LogP contribution in [0.1, 0.15) is 33.1 Å². The van der Waals surface area contributed by atoms with Crippen molar-refractivity contribution in [2.45, 2.75) is 27.7 Å². The number of ether oxygens (including phenoxy) is 1. The van der Waals surface area contributed by atoms with E-state index in [2.05, 4.69) is 20.3 Å². The van der Waals surface area contributed by atoms with E-state index < -0.39 is 0 Å². The van der Waals surface area contributed by atoms with Crippen molar-refractivity contribution in [1.82, 2.24) is 19.5 Å². The van der Waals surface area contributed by atoms with Gasteiger partial charge < -0.3 is 10.1 Å². The number of aryl methyl sites for hydroxylation is 4. The molecule has 0 unspecified atom stereocenters. The van der Waals surface area contributed by atoms with Crippen LogP contribution in [-0.4, -0.2) is 25.4 Å². The summed E-state index contributed by atoms with van der Waals surface area (Å²) in [6, 6.07) is 14.6. The predicted octanol–water partition coefficient (Wildman–Crippen LogP) is 4.94. The number of hydrogen-bond donors (Lipinski definition) is 1. The number of amides is 1. The van der Waals surface area contributed by atoms with Gasteiger partial charge in [0.25, 0.3) is 5.91 Å². The van der Waals surface area contributed by atoms with Crippen molar-refractivity contribution in [1.29, 1.82) is 0 Å². The number of benzene rings is 2.